The molecular weight excluding hydrogens is 348 g/mol. The molecule has 26 heavy (non-hydrogen) atoms. The zero-order chi connectivity index (χ0) is 18.2. The van der Waals surface area contributed by atoms with Crippen LogP contribution in [0.1, 0.15) is 15.9 Å². The number of piperazine rings is 1. The molecule has 0 aromatic heterocycles. The van der Waals surface area contributed by atoms with E-state index < -0.39 is 0 Å². The smallest absolute Gasteiger partial charge is 0.282 e. The topological polar surface area (TPSA) is 58.6 Å². The summed E-state index contributed by atoms with van der Waals surface area (Å²) < 4.78 is 5.56. The SMILES string of the molecule is O=C(COc1ccc(CSC(=O)N2CCNCC2)cc1)c1ccccc1. The van der Waals surface area contributed by atoms with Gasteiger partial charge in [0.2, 0.25) is 0 Å². The maximum absolute atomic E-state index is 12.1. The van der Waals surface area contributed by atoms with Gasteiger partial charge in [-0.2, -0.15) is 0 Å². The molecule has 0 saturated carbocycles. The molecule has 1 saturated heterocycles. The lowest BCUT2D eigenvalue weighted by atomic mass is 10.1. The van der Waals surface area contributed by atoms with E-state index in [-0.39, 0.29) is 17.6 Å². The van der Waals surface area contributed by atoms with Gasteiger partial charge in [0.1, 0.15) is 5.75 Å². The van der Waals surface area contributed by atoms with E-state index in [4.69, 9.17) is 4.74 Å². The number of thioether (sulfide) groups is 1. The van der Waals surface area contributed by atoms with Gasteiger partial charge in [-0.05, 0) is 17.7 Å². The molecule has 1 amide bonds. The van der Waals surface area contributed by atoms with Crippen LogP contribution in [0.4, 0.5) is 4.79 Å². The molecule has 6 heteroatoms. The minimum absolute atomic E-state index is 0.0135. The van der Waals surface area contributed by atoms with E-state index in [0.29, 0.717) is 17.1 Å². The van der Waals surface area contributed by atoms with Crippen LogP contribution >= 0.6 is 11.8 Å². The predicted octanol–water partition coefficient (Wildman–Crippen LogP) is 3.21. The van der Waals surface area contributed by atoms with Crippen LogP contribution in [0.25, 0.3) is 0 Å². The average Bonchev–Trinajstić information content (AvgIpc) is 2.72. The molecule has 1 aliphatic rings. The van der Waals surface area contributed by atoms with Crippen molar-refractivity contribution in [3.8, 4) is 5.75 Å². The summed E-state index contributed by atoms with van der Waals surface area (Å²) in [4.78, 5) is 26.1. The molecule has 5 nitrogen and oxygen atoms in total. The maximum Gasteiger partial charge on any atom is 0.282 e. The van der Waals surface area contributed by atoms with Crippen LogP contribution in [0.5, 0.6) is 5.75 Å². The Hall–Kier alpha value is -2.31. The Morgan fingerprint density at radius 3 is 2.38 bits per heavy atom. The molecule has 0 spiro atoms. The van der Waals surface area contributed by atoms with Crippen molar-refractivity contribution in [3.05, 3.63) is 65.7 Å². The van der Waals surface area contributed by atoms with Gasteiger partial charge in [0, 0.05) is 37.5 Å². The number of hydrogen-bond acceptors (Lipinski definition) is 5. The van der Waals surface area contributed by atoms with Crippen LogP contribution in [0.2, 0.25) is 0 Å². The Bertz CT molecular complexity index is 728. The second-order valence-corrected chi connectivity index (χ2v) is 6.94. The third-order valence-corrected chi connectivity index (χ3v) is 5.11. The zero-order valence-electron chi connectivity index (χ0n) is 14.5. The Morgan fingerprint density at radius 1 is 1.00 bits per heavy atom. The van der Waals surface area contributed by atoms with Crippen molar-refractivity contribution in [1.29, 1.82) is 0 Å². The van der Waals surface area contributed by atoms with Gasteiger partial charge in [0.05, 0.1) is 0 Å². The molecule has 1 N–H and O–H groups in total. The highest BCUT2D eigenvalue weighted by molar-refractivity contribution is 8.12. The van der Waals surface area contributed by atoms with Gasteiger partial charge in [-0.3, -0.25) is 9.59 Å². The molecule has 1 fully saturated rings. The lowest BCUT2D eigenvalue weighted by Gasteiger charge is -2.26. The quantitative estimate of drug-likeness (QED) is 0.792. The number of carbonyl (C=O) groups is 2. The van der Waals surface area contributed by atoms with E-state index in [1.165, 1.54) is 11.8 Å². The van der Waals surface area contributed by atoms with Crippen molar-refractivity contribution in [2.75, 3.05) is 32.8 Å². The number of hydrogen-bond donors (Lipinski definition) is 1. The zero-order valence-corrected chi connectivity index (χ0v) is 15.3. The largest absolute Gasteiger partial charge is 0.485 e. The van der Waals surface area contributed by atoms with Gasteiger partial charge < -0.3 is 15.0 Å². The molecule has 136 valence electrons. The molecule has 0 unspecified atom stereocenters. The summed E-state index contributed by atoms with van der Waals surface area (Å²) in [5.41, 5.74) is 1.70. The number of carbonyl (C=O) groups excluding carboxylic acids is 2. The number of nitrogens with zero attached hydrogens (tertiary/aromatic N) is 1. The molecule has 2 aromatic rings. The second kappa shape index (κ2) is 9.40. The van der Waals surface area contributed by atoms with E-state index in [2.05, 4.69) is 5.32 Å². The number of benzene rings is 2. The van der Waals surface area contributed by atoms with E-state index >= 15 is 0 Å². The summed E-state index contributed by atoms with van der Waals surface area (Å²) in [7, 11) is 0. The van der Waals surface area contributed by atoms with Crippen LogP contribution in [-0.2, 0) is 5.75 Å². The highest BCUT2D eigenvalue weighted by atomic mass is 32.2. The molecule has 0 atom stereocenters. The van der Waals surface area contributed by atoms with Gasteiger partial charge in [0.25, 0.3) is 5.24 Å². The van der Waals surface area contributed by atoms with Crippen molar-refractivity contribution in [2.24, 2.45) is 0 Å². The standard InChI is InChI=1S/C20H22N2O3S/c23-19(17-4-2-1-3-5-17)14-25-18-8-6-16(7-9-18)15-26-20(24)22-12-10-21-11-13-22/h1-9,21H,10-15H2. The van der Waals surface area contributed by atoms with Gasteiger partial charge >= 0.3 is 0 Å². The van der Waals surface area contributed by atoms with E-state index in [1.807, 2.05) is 47.4 Å². The number of ketones is 1. The van der Waals surface area contributed by atoms with E-state index in [9.17, 15) is 9.59 Å². The number of rotatable bonds is 6. The molecule has 1 aliphatic heterocycles. The lowest BCUT2D eigenvalue weighted by Crippen LogP contribution is -2.45. The minimum atomic E-state index is -0.0492. The summed E-state index contributed by atoms with van der Waals surface area (Å²) in [6.07, 6.45) is 0. The normalized spacial score (nSPS) is 14.1. The summed E-state index contributed by atoms with van der Waals surface area (Å²) in [6, 6.07) is 16.6. The van der Waals surface area contributed by atoms with Crippen molar-refractivity contribution >= 4 is 22.8 Å². The molecule has 0 radical (unpaired) electrons. The fraction of sp³-hybridized carbons (Fsp3) is 0.300. The van der Waals surface area contributed by atoms with Crippen molar-refractivity contribution < 1.29 is 14.3 Å². The fourth-order valence-electron chi connectivity index (χ4n) is 2.62. The Morgan fingerprint density at radius 2 is 1.69 bits per heavy atom. The first-order valence-corrected chi connectivity index (χ1v) is 9.63. The molecule has 2 aromatic carbocycles. The van der Waals surface area contributed by atoms with Crippen LogP contribution in [0.3, 0.4) is 0 Å². The Labute approximate surface area is 157 Å². The number of ether oxygens (including phenoxy) is 1. The van der Waals surface area contributed by atoms with Gasteiger partial charge in [0.15, 0.2) is 12.4 Å². The first-order chi connectivity index (χ1) is 12.7. The van der Waals surface area contributed by atoms with E-state index in [0.717, 1.165) is 31.7 Å². The van der Waals surface area contributed by atoms with Crippen molar-refractivity contribution in [3.63, 3.8) is 0 Å². The van der Waals surface area contributed by atoms with Crippen LogP contribution in [0.15, 0.2) is 54.6 Å². The van der Waals surface area contributed by atoms with Crippen molar-refractivity contribution in [2.45, 2.75) is 5.75 Å². The number of nitrogens with one attached hydrogen (secondary N) is 1. The predicted molar refractivity (Wildman–Crippen MR) is 104 cm³/mol. The van der Waals surface area contributed by atoms with E-state index in [1.54, 1.807) is 12.1 Å². The third-order valence-electron chi connectivity index (χ3n) is 4.13. The fourth-order valence-corrected chi connectivity index (χ4v) is 3.47. The van der Waals surface area contributed by atoms with Crippen LogP contribution < -0.4 is 10.1 Å². The first-order valence-electron chi connectivity index (χ1n) is 8.65. The van der Waals surface area contributed by atoms with Gasteiger partial charge in [-0.1, -0.05) is 54.2 Å². The van der Waals surface area contributed by atoms with Crippen LogP contribution in [-0.4, -0.2) is 48.7 Å². The highest BCUT2D eigenvalue weighted by Crippen LogP contribution is 2.19. The number of amides is 1. The highest BCUT2D eigenvalue weighted by Gasteiger charge is 2.16. The maximum atomic E-state index is 12.1. The molecule has 3 rings (SSSR count). The Kier molecular flexibility index (Phi) is 6.68. The third kappa shape index (κ3) is 5.34. The molecule has 0 bridgehead atoms. The molecule has 0 aliphatic carbocycles. The Balaban J connectivity index is 1.44. The number of Topliss-reactive ketones (excluding diaryl/α,β-unsaturated/α-hetero) is 1. The molecular formula is C20H22N2O3S. The van der Waals surface area contributed by atoms with Crippen molar-refractivity contribution in [1.82, 2.24) is 10.2 Å². The summed E-state index contributed by atoms with van der Waals surface area (Å²) in [5, 5.41) is 3.36. The molecule has 1 heterocycles. The van der Waals surface area contributed by atoms with Gasteiger partial charge in [-0.15, -0.1) is 0 Å². The monoisotopic (exact) mass is 370 g/mol. The average molecular weight is 370 g/mol. The summed E-state index contributed by atoms with van der Waals surface area (Å²) in [5.74, 6) is 1.23. The van der Waals surface area contributed by atoms with Crippen LogP contribution in [0, 0.1) is 0 Å². The minimum Gasteiger partial charge on any atom is -0.485 e. The first kappa shape index (κ1) is 18.5. The lowest BCUT2D eigenvalue weighted by molar-refractivity contribution is 0.0921. The van der Waals surface area contributed by atoms with Gasteiger partial charge in [-0.25, -0.2) is 0 Å². The summed E-state index contributed by atoms with van der Waals surface area (Å²) >= 11 is 1.32. The summed E-state index contributed by atoms with van der Waals surface area (Å²) in [6.45, 7) is 3.28. The second-order valence-electron chi connectivity index (χ2n) is 6.01.